The van der Waals surface area contributed by atoms with Gasteiger partial charge in [-0.25, -0.2) is 4.98 Å². The molecule has 1 aromatic heterocycles. The van der Waals surface area contributed by atoms with E-state index < -0.39 is 0 Å². The lowest BCUT2D eigenvalue weighted by molar-refractivity contribution is 0.507. The number of nitrogens with one attached hydrogen (secondary N) is 1. The molecule has 1 saturated heterocycles. The molecule has 4 heteroatoms. The van der Waals surface area contributed by atoms with Gasteiger partial charge in [-0.2, -0.15) is 0 Å². The maximum Gasteiger partial charge on any atom is 0.0950 e. The van der Waals surface area contributed by atoms with Crippen molar-refractivity contribution in [2.45, 2.75) is 31.8 Å². The van der Waals surface area contributed by atoms with Gasteiger partial charge in [0.2, 0.25) is 0 Å². The lowest BCUT2D eigenvalue weighted by Gasteiger charge is -2.12. The number of benzene rings is 1. The Hall–Kier alpha value is -1.32. The highest BCUT2D eigenvalue weighted by Crippen LogP contribution is 2.23. The average molecular weight is 276 g/mol. The molecule has 1 N–H and O–H groups in total. The molecule has 0 radical (unpaired) electrons. The number of aryl methyl sites for hydroxylation is 1. The highest BCUT2D eigenvalue weighted by Gasteiger charge is 2.14. The fourth-order valence-electron chi connectivity index (χ4n) is 2.69. The van der Waals surface area contributed by atoms with Crippen LogP contribution in [-0.2, 0) is 6.54 Å². The topological polar surface area (TPSA) is 29.9 Å². The molecule has 0 saturated carbocycles. The first-order valence-electron chi connectivity index (χ1n) is 6.82. The van der Waals surface area contributed by atoms with Crippen LogP contribution in [0.25, 0.3) is 11.3 Å². The fourth-order valence-corrected chi connectivity index (χ4v) is 2.88. The summed E-state index contributed by atoms with van der Waals surface area (Å²) >= 11 is 6.06. The summed E-state index contributed by atoms with van der Waals surface area (Å²) in [4.78, 5) is 4.27. The van der Waals surface area contributed by atoms with E-state index in [0.29, 0.717) is 6.04 Å². The highest BCUT2D eigenvalue weighted by atomic mass is 35.5. The first kappa shape index (κ1) is 12.7. The van der Waals surface area contributed by atoms with E-state index in [9.17, 15) is 0 Å². The van der Waals surface area contributed by atoms with Gasteiger partial charge in [0.15, 0.2) is 0 Å². The van der Waals surface area contributed by atoms with Crippen molar-refractivity contribution in [1.29, 1.82) is 0 Å². The van der Waals surface area contributed by atoms with E-state index in [1.165, 1.54) is 12.8 Å². The van der Waals surface area contributed by atoms with Crippen LogP contribution in [0.2, 0.25) is 5.02 Å². The zero-order valence-electron chi connectivity index (χ0n) is 10.8. The van der Waals surface area contributed by atoms with E-state index >= 15 is 0 Å². The molecule has 0 aliphatic carbocycles. The number of halogens is 1. The van der Waals surface area contributed by atoms with Gasteiger partial charge in [0.25, 0.3) is 0 Å². The fraction of sp³-hybridized carbons (Fsp3) is 0.400. The predicted octanol–water partition coefficient (Wildman–Crippen LogP) is 3.35. The quantitative estimate of drug-likeness (QED) is 0.927. The Balaban J connectivity index is 1.74. The summed E-state index contributed by atoms with van der Waals surface area (Å²) in [5, 5.41) is 4.30. The molecule has 1 fully saturated rings. The maximum atomic E-state index is 6.06. The highest BCUT2D eigenvalue weighted by molar-refractivity contribution is 6.30. The average Bonchev–Trinajstić information content (AvgIpc) is 3.08. The number of hydrogen-bond donors (Lipinski definition) is 1. The third-order valence-corrected chi connectivity index (χ3v) is 3.95. The SMILES string of the molecule is Clc1cccc(-c2cncn2CCC2CCCN2)c1. The molecule has 1 aliphatic rings. The minimum atomic E-state index is 0.662. The Morgan fingerprint density at radius 2 is 2.37 bits per heavy atom. The van der Waals surface area contributed by atoms with Gasteiger partial charge in [-0.3, -0.25) is 0 Å². The Morgan fingerprint density at radius 3 is 3.16 bits per heavy atom. The van der Waals surface area contributed by atoms with Crippen molar-refractivity contribution in [1.82, 2.24) is 14.9 Å². The van der Waals surface area contributed by atoms with Crippen LogP contribution in [0.4, 0.5) is 0 Å². The molecule has 1 aromatic carbocycles. The Bertz CT molecular complexity index is 544. The second-order valence-electron chi connectivity index (χ2n) is 5.06. The Labute approximate surface area is 118 Å². The lowest BCUT2D eigenvalue weighted by atomic mass is 10.1. The molecule has 2 aromatic rings. The minimum Gasteiger partial charge on any atom is -0.331 e. The summed E-state index contributed by atoms with van der Waals surface area (Å²) in [7, 11) is 0. The standard InChI is InChI=1S/C15H18ClN3/c16-13-4-1-3-12(9-13)15-10-17-11-19(15)8-6-14-5-2-7-18-14/h1,3-4,9-11,14,18H,2,5-8H2. The molecule has 1 aliphatic heterocycles. The van der Waals surface area contributed by atoms with E-state index in [2.05, 4.69) is 20.9 Å². The first-order chi connectivity index (χ1) is 9.33. The Morgan fingerprint density at radius 1 is 1.42 bits per heavy atom. The molecule has 1 unspecified atom stereocenters. The van der Waals surface area contributed by atoms with Crippen LogP contribution in [0.3, 0.4) is 0 Å². The maximum absolute atomic E-state index is 6.06. The largest absolute Gasteiger partial charge is 0.331 e. The third kappa shape index (κ3) is 2.99. The normalized spacial score (nSPS) is 18.9. The molecular formula is C15H18ClN3. The number of imidazole rings is 1. The van der Waals surface area contributed by atoms with Crippen molar-refractivity contribution >= 4 is 11.6 Å². The molecule has 0 spiro atoms. The summed E-state index contributed by atoms with van der Waals surface area (Å²) < 4.78 is 2.21. The van der Waals surface area contributed by atoms with Crippen LogP contribution < -0.4 is 5.32 Å². The molecular weight excluding hydrogens is 258 g/mol. The predicted molar refractivity (Wildman–Crippen MR) is 78.3 cm³/mol. The smallest absolute Gasteiger partial charge is 0.0950 e. The zero-order chi connectivity index (χ0) is 13.1. The van der Waals surface area contributed by atoms with Crippen LogP contribution in [0.1, 0.15) is 19.3 Å². The number of rotatable bonds is 4. The lowest BCUT2D eigenvalue weighted by Crippen LogP contribution is -2.22. The third-order valence-electron chi connectivity index (χ3n) is 3.71. The van der Waals surface area contributed by atoms with Crippen LogP contribution >= 0.6 is 11.6 Å². The zero-order valence-corrected chi connectivity index (χ0v) is 11.6. The van der Waals surface area contributed by atoms with Gasteiger partial charge < -0.3 is 9.88 Å². The van der Waals surface area contributed by atoms with Crippen LogP contribution in [-0.4, -0.2) is 22.1 Å². The number of aromatic nitrogens is 2. The number of hydrogen-bond acceptors (Lipinski definition) is 2. The van der Waals surface area contributed by atoms with E-state index in [1.807, 2.05) is 30.7 Å². The van der Waals surface area contributed by atoms with Gasteiger partial charge >= 0.3 is 0 Å². The molecule has 3 nitrogen and oxygen atoms in total. The van der Waals surface area contributed by atoms with Crippen LogP contribution in [0, 0.1) is 0 Å². The summed E-state index contributed by atoms with van der Waals surface area (Å²) in [5.74, 6) is 0. The monoisotopic (exact) mass is 275 g/mol. The van der Waals surface area contributed by atoms with Crippen molar-refractivity contribution < 1.29 is 0 Å². The van der Waals surface area contributed by atoms with E-state index in [-0.39, 0.29) is 0 Å². The van der Waals surface area contributed by atoms with Crippen LogP contribution in [0.5, 0.6) is 0 Å². The van der Waals surface area contributed by atoms with E-state index in [4.69, 9.17) is 11.6 Å². The summed E-state index contributed by atoms with van der Waals surface area (Å²) in [6, 6.07) is 8.60. The van der Waals surface area contributed by atoms with E-state index in [1.54, 1.807) is 0 Å². The first-order valence-corrected chi connectivity index (χ1v) is 7.20. The van der Waals surface area contributed by atoms with Gasteiger partial charge in [-0.05, 0) is 37.9 Å². The van der Waals surface area contributed by atoms with Crippen molar-refractivity contribution in [2.24, 2.45) is 0 Å². The van der Waals surface area contributed by atoms with Crippen molar-refractivity contribution in [3.8, 4) is 11.3 Å². The molecule has 1 atom stereocenters. The summed E-state index contributed by atoms with van der Waals surface area (Å²) in [6.07, 6.45) is 7.57. The molecule has 3 rings (SSSR count). The summed E-state index contributed by atoms with van der Waals surface area (Å²) in [5.41, 5.74) is 2.27. The molecule has 0 amide bonds. The molecule has 2 heterocycles. The summed E-state index contributed by atoms with van der Waals surface area (Å²) in [6.45, 7) is 2.16. The van der Waals surface area contributed by atoms with Crippen LogP contribution in [0.15, 0.2) is 36.8 Å². The minimum absolute atomic E-state index is 0.662. The molecule has 19 heavy (non-hydrogen) atoms. The van der Waals surface area contributed by atoms with Crippen molar-refractivity contribution in [2.75, 3.05) is 6.54 Å². The second kappa shape index (κ2) is 5.76. The number of nitrogens with zero attached hydrogens (tertiary/aromatic N) is 2. The van der Waals surface area contributed by atoms with Gasteiger partial charge in [0.1, 0.15) is 0 Å². The van der Waals surface area contributed by atoms with E-state index in [0.717, 1.165) is 35.8 Å². The second-order valence-corrected chi connectivity index (χ2v) is 5.50. The van der Waals surface area contributed by atoms with Gasteiger partial charge in [-0.15, -0.1) is 0 Å². The molecule has 100 valence electrons. The van der Waals surface area contributed by atoms with Gasteiger partial charge in [-0.1, -0.05) is 23.7 Å². The van der Waals surface area contributed by atoms with Gasteiger partial charge in [0.05, 0.1) is 18.2 Å². The van der Waals surface area contributed by atoms with Crippen molar-refractivity contribution in [3.63, 3.8) is 0 Å². The van der Waals surface area contributed by atoms with Crippen molar-refractivity contribution in [3.05, 3.63) is 41.8 Å². The van der Waals surface area contributed by atoms with Gasteiger partial charge in [0, 0.05) is 23.2 Å². The molecule has 0 bridgehead atoms. The Kier molecular flexibility index (Phi) is 3.85.